The van der Waals surface area contributed by atoms with E-state index in [1.807, 2.05) is 0 Å². The Bertz CT molecular complexity index is 1540. The fraction of sp³-hybridized carbons (Fsp3) is 0.250. The van der Waals surface area contributed by atoms with E-state index in [4.69, 9.17) is 17.0 Å². The third-order valence-corrected chi connectivity index (χ3v) is 61.5. The molecule has 2 aromatic carbocycles. The van der Waals surface area contributed by atoms with Gasteiger partial charge in [-0.1, -0.05) is 0 Å². The first-order chi connectivity index (χ1) is 18.0. The predicted molar refractivity (Wildman–Crippen MR) is 165 cm³/mol. The molecule has 0 bridgehead atoms. The zero-order valence-electron chi connectivity index (χ0n) is 23.0. The minimum atomic E-state index is -4.64. The molecule has 6 rings (SSSR count). The fourth-order valence-corrected chi connectivity index (χ4v) is 40.3. The van der Waals surface area contributed by atoms with E-state index in [-0.39, 0.29) is 7.25 Å². The Balaban J connectivity index is 1.57. The molecule has 2 unspecified atom stereocenters. The summed E-state index contributed by atoms with van der Waals surface area (Å²) in [6, 6.07) is 22.1. The summed E-state index contributed by atoms with van der Waals surface area (Å²) < 4.78 is 4.61. The second-order valence-electron chi connectivity index (χ2n) is 11.6. The van der Waals surface area contributed by atoms with E-state index in [0.717, 1.165) is 0 Å². The van der Waals surface area contributed by atoms with Gasteiger partial charge in [0, 0.05) is 0 Å². The number of benzene rings is 2. The van der Waals surface area contributed by atoms with E-state index in [1.165, 1.54) is 55.9 Å². The molecule has 2 aliphatic rings. The van der Waals surface area contributed by atoms with Crippen molar-refractivity contribution in [3.05, 3.63) is 106 Å². The molecule has 2 aliphatic carbocycles. The number of fused-ring (bicyclic) bond motifs is 2. The van der Waals surface area contributed by atoms with E-state index in [9.17, 15) is 0 Å². The third kappa shape index (κ3) is 3.60. The monoisotopic (exact) mass is 635 g/mol. The summed E-state index contributed by atoms with van der Waals surface area (Å²) >= 11 is -4.64. The van der Waals surface area contributed by atoms with Crippen molar-refractivity contribution in [1.82, 2.24) is 9.13 Å². The maximum atomic E-state index is 8.35. The summed E-state index contributed by atoms with van der Waals surface area (Å²) in [5.74, 6) is -1.54. The van der Waals surface area contributed by atoms with Crippen molar-refractivity contribution in [1.29, 1.82) is 0 Å². The van der Waals surface area contributed by atoms with E-state index in [2.05, 4.69) is 135 Å². The quantitative estimate of drug-likeness (QED) is 0.193. The molecular weight excluding hydrogens is 603 g/mol. The molecule has 0 radical (unpaired) electrons. The Morgan fingerprint density at radius 1 is 0.658 bits per heavy atom. The molecule has 0 N–H and O–H groups in total. The van der Waals surface area contributed by atoms with Gasteiger partial charge in [0.25, 0.3) is 0 Å². The molecule has 0 fully saturated rings. The zero-order chi connectivity index (χ0) is 27.0. The topological polar surface area (TPSA) is 9.86 Å². The van der Waals surface area contributed by atoms with Gasteiger partial charge in [-0.05, 0) is 0 Å². The SMILES string of the molecule is CC1=Cc2c(-c3cccn3C)cccc2[CH]1[Zr]([Cl])([Cl])([CH]1C(C)=Cc2c(-c3cccn3C)cccc21)[SiH](C)C. The van der Waals surface area contributed by atoms with Gasteiger partial charge in [0.2, 0.25) is 0 Å². The first kappa shape index (κ1) is 26.4. The van der Waals surface area contributed by atoms with Gasteiger partial charge in [0.1, 0.15) is 0 Å². The molecular formula is C32H35Cl2N2SiZr. The van der Waals surface area contributed by atoms with Gasteiger partial charge in [-0.25, -0.2) is 0 Å². The van der Waals surface area contributed by atoms with E-state index in [1.54, 1.807) is 0 Å². The van der Waals surface area contributed by atoms with E-state index >= 15 is 0 Å². The molecule has 0 spiro atoms. The van der Waals surface area contributed by atoms with Gasteiger partial charge < -0.3 is 0 Å². The number of nitrogens with zero attached hydrogens (tertiary/aromatic N) is 2. The summed E-state index contributed by atoms with van der Waals surface area (Å²) in [5, 5.41) is 0. The van der Waals surface area contributed by atoms with Crippen LogP contribution in [0.25, 0.3) is 34.7 Å². The summed E-state index contributed by atoms with van der Waals surface area (Å²) in [4.78, 5) is 0. The van der Waals surface area contributed by atoms with Crippen LogP contribution in [0.15, 0.2) is 84.2 Å². The Labute approximate surface area is 235 Å². The van der Waals surface area contributed by atoms with Crippen LogP contribution in [0, 0.1) is 0 Å². The second kappa shape index (κ2) is 9.10. The van der Waals surface area contributed by atoms with Crippen LogP contribution in [0.1, 0.15) is 43.4 Å². The van der Waals surface area contributed by atoms with Gasteiger partial charge in [0.15, 0.2) is 0 Å². The molecule has 38 heavy (non-hydrogen) atoms. The van der Waals surface area contributed by atoms with Crippen molar-refractivity contribution < 1.29 is 15.6 Å². The van der Waals surface area contributed by atoms with Crippen molar-refractivity contribution in [2.24, 2.45) is 14.1 Å². The molecule has 195 valence electrons. The van der Waals surface area contributed by atoms with E-state index in [0.29, 0.717) is 0 Å². The molecule has 0 saturated carbocycles. The van der Waals surface area contributed by atoms with Crippen molar-refractivity contribution in [3.8, 4) is 22.5 Å². The van der Waals surface area contributed by atoms with Crippen LogP contribution in [0.3, 0.4) is 0 Å². The second-order valence-corrected chi connectivity index (χ2v) is 54.2. The number of hydrogen-bond donors (Lipinski definition) is 0. The molecule has 6 heteroatoms. The first-order valence-corrected chi connectivity index (χ1v) is 29.8. The van der Waals surface area contributed by atoms with Gasteiger partial charge in [0.05, 0.1) is 0 Å². The van der Waals surface area contributed by atoms with Gasteiger partial charge >= 0.3 is 237 Å². The average molecular weight is 638 g/mol. The van der Waals surface area contributed by atoms with Gasteiger partial charge in [-0.3, -0.25) is 0 Å². The van der Waals surface area contributed by atoms with Crippen LogP contribution in [0.4, 0.5) is 0 Å². The van der Waals surface area contributed by atoms with Crippen LogP contribution in [-0.4, -0.2) is 15.1 Å². The molecule has 0 aliphatic heterocycles. The first-order valence-electron chi connectivity index (χ1n) is 13.5. The minimum absolute atomic E-state index is 0.111. The van der Waals surface area contributed by atoms with Gasteiger partial charge in [-0.15, -0.1) is 0 Å². The molecule has 2 aromatic heterocycles. The van der Waals surface area contributed by atoms with E-state index < -0.39 is 21.5 Å². The number of halogens is 2. The number of allylic oxidation sites excluding steroid dienone is 2. The maximum absolute atomic E-state index is 8.35. The number of aryl methyl sites for hydroxylation is 2. The molecule has 0 saturated heterocycles. The predicted octanol–water partition coefficient (Wildman–Crippen LogP) is 9.29. The summed E-state index contributed by atoms with van der Waals surface area (Å²) in [6.45, 7) is 9.35. The van der Waals surface area contributed by atoms with Crippen LogP contribution >= 0.6 is 17.0 Å². The Morgan fingerprint density at radius 2 is 1.08 bits per heavy atom. The third-order valence-electron chi connectivity index (χ3n) is 9.20. The standard InChI is InChI=1S/2C15H14N.C2H7Si.2ClH.Zr/c2*1-11-9-12-5-3-6-13(14(12)10-11)15-7-4-8-16(15)2;1-3-2;;;/h2*3-10H,1-2H3;3H,1-2H3;2*1H;/q;;;;;+2/p-2. The Hall–Kier alpha value is -1.84. The summed E-state index contributed by atoms with van der Waals surface area (Å²) in [7, 11) is 20.9. The van der Waals surface area contributed by atoms with Gasteiger partial charge in [-0.2, -0.15) is 0 Å². The van der Waals surface area contributed by atoms with Crippen LogP contribution in [-0.2, 0) is 29.7 Å². The Kier molecular flexibility index (Phi) is 6.32. The average Bonchev–Trinajstić information content (AvgIpc) is 3.63. The number of aromatic nitrogens is 2. The molecule has 2 nitrogen and oxygen atoms in total. The molecule has 4 aromatic rings. The normalized spacial score (nSPS) is 19.7. The van der Waals surface area contributed by atoms with Crippen LogP contribution in [0.5, 0.6) is 0 Å². The molecule has 2 atom stereocenters. The number of hydrogen-bond acceptors (Lipinski definition) is 0. The van der Waals surface area contributed by atoms with Crippen molar-refractivity contribution in [3.63, 3.8) is 0 Å². The summed E-state index contributed by atoms with van der Waals surface area (Å²) in [6.07, 6.45) is 8.99. The van der Waals surface area contributed by atoms with Crippen LogP contribution < -0.4 is 0 Å². The van der Waals surface area contributed by atoms with Crippen molar-refractivity contribution in [2.45, 2.75) is 34.2 Å². The van der Waals surface area contributed by atoms with Crippen LogP contribution in [0.2, 0.25) is 13.1 Å². The molecule has 2 heterocycles. The zero-order valence-corrected chi connectivity index (χ0v) is 28.1. The number of rotatable bonds is 5. The fourth-order valence-electron chi connectivity index (χ4n) is 7.33. The summed E-state index contributed by atoms with van der Waals surface area (Å²) in [5.41, 5.74) is 12.9. The molecule has 0 amide bonds. The Morgan fingerprint density at radius 3 is 1.42 bits per heavy atom. The van der Waals surface area contributed by atoms with Crippen molar-refractivity contribution >= 4 is 35.1 Å². The van der Waals surface area contributed by atoms with Crippen molar-refractivity contribution in [2.75, 3.05) is 0 Å².